The van der Waals surface area contributed by atoms with Crippen LogP contribution in [0.5, 0.6) is 5.75 Å². The molecule has 0 spiro atoms. The van der Waals surface area contributed by atoms with Gasteiger partial charge in [-0.1, -0.05) is 12.1 Å². The van der Waals surface area contributed by atoms with Gasteiger partial charge in [-0.15, -0.1) is 0 Å². The molecule has 2 aromatic rings. The number of Topliss-reactive ketones (excluding diaryl/α,β-unsaturated/α-hetero) is 1. The van der Waals surface area contributed by atoms with Gasteiger partial charge in [0, 0.05) is 18.3 Å². The van der Waals surface area contributed by atoms with Crippen molar-refractivity contribution in [3.8, 4) is 5.75 Å². The van der Waals surface area contributed by atoms with Gasteiger partial charge >= 0.3 is 0 Å². The molecule has 0 atom stereocenters. The van der Waals surface area contributed by atoms with Gasteiger partial charge in [0.15, 0.2) is 5.78 Å². The molecule has 1 heterocycles. The molecule has 0 radical (unpaired) electrons. The second kappa shape index (κ2) is 7.23. The first kappa shape index (κ1) is 18.6. The maximum absolute atomic E-state index is 12.3. The van der Waals surface area contributed by atoms with Crippen LogP contribution in [0.3, 0.4) is 0 Å². The van der Waals surface area contributed by atoms with Crippen molar-refractivity contribution in [2.24, 2.45) is 0 Å². The van der Waals surface area contributed by atoms with E-state index in [-0.39, 0.29) is 24.0 Å². The van der Waals surface area contributed by atoms with Crippen LogP contribution in [0.25, 0.3) is 0 Å². The number of anilines is 2. The highest BCUT2D eigenvalue weighted by Gasteiger charge is 2.32. The van der Waals surface area contributed by atoms with E-state index >= 15 is 0 Å². The summed E-state index contributed by atoms with van der Waals surface area (Å²) < 4.78 is 5.82. The first-order valence-electron chi connectivity index (χ1n) is 8.74. The maximum atomic E-state index is 12.3. The number of carbonyl (C=O) groups excluding carboxylic acids is 3. The minimum atomic E-state index is -0.516. The fourth-order valence-corrected chi connectivity index (χ4v) is 3.03. The lowest BCUT2D eigenvalue weighted by atomic mass is 9.93. The zero-order valence-corrected chi connectivity index (χ0v) is 15.6. The van der Waals surface area contributed by atoms with Crippen molar-refractivity contribution in [3.05, 3.63) is 53.6 Å². The summed E-state index contributed by atoms with van der Waals surface area (Å²) >= 11 is 0. The average molecular weight is 366 g/mol. The first-order chi connectivity index (χ1) is 12.7. The highest BCUT2D eigenvalue weighted by molar-refractivity contribution is 6.02. The fourth-order valence-electron chi connectivity index (χ4n) is 3.03. The number of hydrogen-bond donors (Lipinski definition) is 2. The van der Waals surface area contributed by atoms with Gasteiger partial charge in [-0.2, -0.15) is 0 Å². The molecule has 6 heteroatoms. The Kier molecular flexibility index (Phi) is 4.99. The Morgan fingerprint density at radius 1 is 1.04 bits per heavy atom. The molecule has 0 aromatic heterocycles. The zero-order chi connectivity index (χ0) is 19.6. The Morgan fingerprint density at radius 3 is 2.37 bits per heavy atom. The molecule has 0 bridgehead atoms. The van der Waals surface area contributed by atoms with E-state index < -0.39 is 5.60 Å². The van der Waals surface area contributed by atoms with Crippen molar-refractivity contribution in [1.29, 1.82) is 0 Å². The summed E-state index contributed by atoms with van der Waals surface area (Å²) in [5, 5.41) is 5.49. The molecule has 0 saturated heterocycles. The molecule has 0 saturated carbocycles. The Hall–Kier alpha value is -3.15. The van der Waals surface area contributed by atoms with Gasteiger partial charge < -0.3 is 15.4 Å². The molecule has 1 aliphatic heterocycles. The summed E-state index contributed by atoms with van der Waals surface area (Å²) in [4.78, 5) is 35.6. The van der Waals surface area contributed by atoms with Gasteiger partial charge in [0.05, 0.1) is 18.4 Å². The molecule has 1 aliphatic rings. The molecule has 2 aromatic carbocycles. The molecule has 0 aliphatic carbocycles. The van der Waals surface area contributed by atoms with Crippen LogP contribution in [-0.2, 0) is 16.0 Å². The van der Waals surface area contributed by atoms with E-state index in [4.69, 9.17) is 4.74 Å². The third-order valence-electron chi connectivity index (χ3n) is 4.18. The van der Waals surface area contributed by atoms with E-state index in [1.165, 1.54) is 6.92 Å². The molecular weight excluding hydrogens is 344 g/mol. The quantitative estimate of drug-likeness (QED) is 0.866. The zero-order valence-electron chi connectivity index (χ0n) is 15.6. The van der Waals surface area contributed by atoms with E-state index in [2.05, 4.69) is 10.6 Å². The van der Waals surface area contributed by atoms with Crippen LogP contribution in [0.1, 0.15) is 43.1 Å². The molecule has 6 nitrogen and oxygen atoms in total. The van der Waals surface area contributed by atoms with E-state index in [0.29, 0.717) is 29.1 Å². The minimum absolute atomic E-state index is 0.00547. The van der Waals surface area contributed by atoms with E-state index in [1.54, 1.807) is 42.5 Å². The van der Waals surface area contributed by atoms with Crippen molar-refractivity contribution >= 4 is 29.0 Å². The van der Waals surface area contributed by atoms with Crippen LogP contribution in [0.15, 0.2) is 42.5 Å². The summed E-state index contributed by atoms with van der Waals surface area (Å²) in [6.45, 7) is 5.19. The fraction of sp³-hybridized carbons (Fsp3) is 0.286. The summed E-state index contributed by atoms with van der Waals surface area (Å²) in [5.74, 6) is 0.218. The Morgan fingerprint density at radius 2 is 1.70 bits per heavy atom. The van der Waals surface area contributed by atoms with Crippen molar-refractivity contribution in [2.75, 3.05) is 10.6 Å². The molecule has 140 valence electrons. The standard InChI is InChI=1S/C21H22N2O4/c1-13(24)22-15-6-4-14(5-7-15)10-20(26)23-16-8-9-19-17(11-16)18(25)12-21(2,3)27-19/h4-9,11H,10,12H2,1-3H3,(H,22,24)(H,23,26). The molecule has 3 rings (SSSR count). The predicted molar refractivity (Wildman–Crippen MR) is 103 cm³/mol. The van der Waals surface area contributed by atoms with Crippen molar-refractivity contribution in [2.45, 2.75) is 39.2 Å². The number of fused-ring (bicyclic) bond motifs is 1. The van der Waals surface area contributed by atoms with Gasteiger partial charge in [0.1, 0.15) is 11.4 Å². The normalized spacial score (nSPS) is 14.7. The number of rotatable bonds is 4. The summed E-state index contributed by atoms with van der Waals surface area (Å²) in [6.07, 6.45) is 0.493. The predicted octanol–water partition coefficient (Wildman–Crippen LogP) is 3.57. The largest absolute Gasteiger partial charge is 0.487 e. The highest BCUT2D eigenvalue weighted by Crippen LogP contribution is 2.34. The summed E-state index contributed by atoms with van der Waals surface area (Å²) in [5.41, 5.74) is 2.04. The van der Waals surface area contributed by atoms with Crippen LogP contribution in [-0.4, -0.2) is 23.2 Å². The van der Waals surface area contributed by atoms with E-state index in [1.807, 2.05) is 13.8 Å². The third-order valence-corrected chi connectivity index (χ3v) is 4.18. The molecular formula is C21H22N2O4. The van der Waals surface area contributed by atoms with Crippen molar-refractivity contribution < 1.29 is 19.1 Å². The second-order valence-electron chi connectivity index (χ2n) is 7.28. The Balaban J connectivity index is 1.65. The van der Waals surface area contributed by atoms with Crippen molar-refractivity contribution in [1.82, 2.24) is 0 Å². The summed E-state index contributed by atoms with van der Waals surface area (Å²) in [6, 6.07) is 12.2. The summed E-state index contributed by atoms with van der Waals surface area (Å²) in [7, 11) is 0. The van der Waals surface area contributed by atoms with Crippen LogP contribution < -0.4 is 15.4 Å². The first-order valence-corrected chi connectivity index (χ1v) is 8.74. The smallest absolute Gasteiger partial charge is 0.228 e. The SMILES string of the molecule is CC(=O)Nc1ccc(CC(=O)Nc2ccc3c(c2)C(=O)CC(C)(C)O3)cc1. The number of amides is 2. The molecule has 27 heavy (non-hydrogen) atoms. The van der Waals surface area contributed by atoms with Crippen LogP contribution in [0.4, 0.5) is 11.4 Å². The number of ketones is 1. The minimum Gasteiger partial charge on any atom is -0.487 e. The lowest BCUT2D eigenvalue weighted by molar-refractivity contribution is -0.116. The van der Waals surface area contributed by atoms with Gasteiger partial charge in [-0.3, -0.25) is 14.4 Å². The van der Waals surface area contributed by atoms with Crippen LogP contribution in [0, 0.1) is 0 Å². The van der Waals surface area contributed by atoms with Gasteiger partial charge in [-0.05, 0) is 49.7 Å². The second-order valence-corrected chi connectivity index (χ2v) is 7.28. The molecule has 2 amide bonds. The average Bonchev–Trinajstić information content (AvgIpc) is 2.56. The maximum Gasteiger partial charge on any atom is 0.228 e. The van der Waals surface area contributed by atoms with Crippen molar-refractivity contribution in [3.63, 3.8) is 0 Å². The van der Waals surface area contributed by atoms with Gasteiger partial charge in [0.2, 0.25) is 11.8 Å². The van der Waals surface area contributed by atoms with E-state index in [9.17, 15) is 14.4 Å². The van der Waals surface area contributed by atoms with Crippen LogP contribution >= 0.6 is 0 Å². The van der Waals surface area contributed by atoms with Crippen LogP contribution in [0.2, 0.25) is 0 Å². The Labute approximate surface area is 157 Å². The number of hydrogen-bond acceptors (Lipinski definition) is 4. The number of carbonyl (C=O) groups is 3. The number of ether oxygens (including phenoxy) is 1. The van der Waals surface area contributed by atoms with Gasteiger partial charge in [-0.25, -0.2) is 0 Å². The molecule has 2 N–H and O–H groups in total. The monoisotopic (exact) mass is 366 g/mol. The molecule has 0 fully saturated rings. The number of benzene rings is 2. The topological polar surface area (TPSA) is 84.5 Å². The highest BCUT2D eigenvalue weighted by atomic mass is 16.5. The number of nitrogens with one attached hydrogen (secondary N) is 2. The van der Waals surface area contributed by atoms with Gasteiger partial charge in [0.25, 0.3) is 0 Å². The Bertz CT molecular complexity index is 901. The van der Waals surface area contributed by atoms with E-state index in [0.717, 1.165) is 5.56 Å². The third kappa shape index (κ3) is 4.73. The lowest BCUT2D eigenvalue weighted by Crippen LogP contribution is -2.35. The lowest BCUT2D eigenvalue weighted by Gasteiger charge is -2.31. The molecule has 0 unspecified atom stereocenters.